The van der Waals surface area contributed by atoms with Gasteiger partial charge in [-0.05, 0) is 38.1 Å². The lowest BCUT2D eigenvalue weighted by Crippen LogP contribution is -2.16. The maximum atomic E-state index is 12.2. The molecule has 2 heterocycles. The van der Waals surface area contributed by atoms with E-state index in [1.165, 1.54) is 13.3 Å². The molecule has 146 valence electrons. The maximum Gasteiger partial charge on any atom is 0.307 e. The molecule has 0 saturated carbocycles. The number of methoxy groups -OCH3 is 1. The standard InChI is InChI=1S/C19H19ClN4O4/c1-11-17(20)12(2)24(23-11)10-14-7-8-16(28-14)19(26)22-21-9-13-5-4-6-15(27-3)18(13)25/h4-9,25H,10H2,1-3H3,(H,22,26)/b21-9+. The Bertz CT molecular complexity index is 1040. The van der Waals surface area contributed by atoms with Gasteiger partial charge in [0.25, 0.3) is 0 Å². The maximum absolute atomic E-state index is 12.2. The molecule has 0 spiro atoms. The van der Waals surface area contributed by atoms with Crippen LogP contribution < -0.4 is 10.2 Å². The van der Waals surface area contributed by atoms with Crippen molar-refractivity contribution in [2.75, 3.05) is 7.11 Å². The SMILES string of the molecule is COc1cccc(/C=N/NC(=O)c2ccc(Cn3nc(C)c(Cl)c3C)o2)c1O. The Morgan fingerprint density at radius 2 is 2.18 bits per heavy atom. The highest BCUT2D eigenvalue weighted by Crippen LogP contribution is 2.28. The highest BCUT2D eigenvalue weighted by Gasteiger charge is 2.14. The Kier molecular flexibility index (Phi) is 5.70. The van der Waals surface area contributed by atoms with Gasteiger partial charge in [-0.1, -0.05) is 17.7 Å². The van der Waals surface area contributed by atoms with Crippen LogP contribution in [0.4, 0.5) is 0 Å². The molecule has 0 radical (unpaired) electrons. The number of rotatable bonds is 6. The number of aryl methyl sites for hydroxylation is 1. The number of hydrogen-bond donors (Lipinski definition) is 2. The van der Waals surface area contributed by atoms with Gasteiger partial charge < -0.3 is 14.3 Å². The van der Waals surface area contributed by atoms with Crippen molar-refractivity contribution in [3.05, 3.63) is 63.8 Å². The van der Waals surface area contributed by atoms with Crippen LogP contribution >= 0.6 is 11.6 Å². The lowest BCUT2D eigenvalue weighted by atomic mass is 10.2. The number of hydrogen-bond acceptors (Lipinski definition) is 6. The third kappa shape index (κ3) is 4.01. The summed E-state index contributed by atoms with van der Waals surface area (Å²) in [6.07, 6.45) is 1.32. The number of hydrazone groups is 1. The first-order valence-corrected chi connectivity index (χ1v) is 8.76. The lowest BCUT2D eigenvalue weighted by Gasteiger charge is -2.04. The second kappa shape index (κ2) is 8.18. The summed E-state index contributed by atoms with van der Waals surface area (Å²) in [5.41, 5.74) is 4.32. The van der Waals surface area contributed by atoms with E-state index in [-0.39, 0.29) is 11.5 Å². The zero-order valence-corrected chi connectivity index (χ0v) is 16.3. The molecule has 0 aliphatic heterocycles. The zero-order valence-electron chi connectivity index (χ0n) is 15.6. The van der Waals surface area contributed by atoms with Gasteiger partial charge in [0.2, 0.25) is 0 Å². The molecule has 1 amide bonds. The Hall–Kier alpha value is -3.26. The number of aromatic nitrogens is 2. The molecule has 0 aliphatic rings. The zero-order chi connectivity index (χ0) is 20.3. The van der Waals surface area contributed by atoms with Crippen molar-refractivity contribution in [1.82, 2.24) is 15.2 Å². The predicted molar refractivity (Wildman–Crippen MR) is 104 cm³/mol. The van der Waals surface area contributed by atoms with Crippen LogP contribution in [0.15, 0.2) is 39.9 Å². The minimum absolute atomic E-state index is 0.0631. The van der Waals surface area contributed by atoms with Crippen molar-refractivity contribution < 1.29 is 19.1 Å². The van der Waals surface area contributed by atoms with Gasteiger partial charge in [-0.2, -0.15) is 10.2 Å². The molecule has 2 aromatic heterocycles. The van der Waals surface area contributed by atoms with Crippen molar-refractivity contribution >= 4 is 23.7 Å². The van der Waals surface area contributed by atoms with Crippen molar-refractivity contribution in [2.24, 2.45) is 5.10 Å². The van der Waals surface area contributed by atoms with Crippen LogP contribution in [0.3, 0.4) is 0 Å². The van der Waals surface area contributed by atoms with E-state index in [2.05, 4.69) is 15.6 Å². The molecule has 3 rings (SSSR count). The monoisotopic (exact) mass is 402 g/mol. The van der Waals surface area contributed by atoms with Crippen molar-refractivity contribution in [3.8, 4) is 11.5 Å². The number of nitrogens with one attached hydrogen (secondary N) is 1. The molecule has 0 saturated heterocycles. The number of phenols is 1. The molecule has 28 heavy (non-hydrogen) atoms. The van der Waals surface area contributed by atoms with Gasteiger partial charge in [0.15, 0.2) is 17.3 Å². The fourth-order valence-electron chi connectivity index (χ4n) is 2.59. The summed E-state index contributed by atoms with van der Waals surface area (Å²) in [6.45, 7) is 4.04. The molecule has 0 unspecified atom stereocenters. The highest BCUT2D eigenvalue weighted by atomic mass is 35.5. The first-order valence-electron chi connectivity index (χ1n) is 8.38. The molecular weight excluding hydrogens is 384 g/mol. The summed E-state index contributed by atoms with van der Waals surface area (Å²) in [5, 5.41) is 18.8. The fourth-order valence-corrected chi connectivity index (χ4v) is 2.72. The average molecular weight is 403 g/mol. The smallest absolute Gasteiger partial charge is 0.307 e. The number of para-hydroxylation sites is 1. The Labute approximate surface area is 166 Å². The fraction of sp³-hybridized carbons (Fsp3) is 0.211. The number of aromatic hydroxyl groups is 1. The average Bonchev–Trinajstić information content (AvgIpc) is 3.24. The lowest BCUT2D eigenvalue weighted by molar-refractivity contribution is 0.0925. The normalized spacial score (nSPS) is 11.1. The predicted octanol–water partition coefficient (Wildman–Crippen LogP) is 3.27. The summed E-state index contributed by atoms with van der Waals surface area (Å²) in [5.74, 6) is 0.398. The second-order valence-electron chi connectivity index (χ2n) is 6.01. The van der Waals surface area contributed by atoms with Crippen LogP contribution in [0.2, 0.25) is 5.02 Å². The Morgan fingerprint density at radius 3 is 2.86 bits per heavy atom. The van der Waals surface area contributed by atoms with Crippen LogP contribution in [-0.4, -0.2) is 34.1 Å². The van der Waals surface area contributed by atoms with E-state index >= 15 is 0 Å². The number of amides is 1. The number of carbonyl (C=O) groups excluding carboxylic acids is 1. The third-order valence-corrected chi connectivity index (χ3v) is 4.65. The van der Waals surface area contributed by atoms with Gasteiger partial charge in [-0.15, -0.1) is 0 Å². The van der Waals surface area contributed by atoms with Crippen LogP contribution in [0, 0.1) is 13.8 Å². The van der Waals surface area contributed by atoms with Crippen molar-refractivity contribution in [3.63, 3.8) is 0 Å². The molecule has 0 fully saturated rings. The van der Waals surface area contributed by atoms with E-state index in [1.54, 1.807) is 35.0 Å². The van der Waals surface area contributed by atoms with E-state index in [0.29, 0.717) is 28.6 Å². The van der Waals surface area contributed by atoms with Gasteiger partial charge in [0.05, 0.1) is 36.3 Å². The minimum Gasteiger partial charge on any atom is -0.504 e. The number of benzene rings is 1. The summed E-state index contributed by atoms with van der Waals surface area (Å²) in [4.78, 5) is 12.2. The Balaban J connectivity index is 1.65. The summed E-state index contributed by atoms with van der Waals surface area (Å²) < 4.78 is 12.3. The molecule has 8 nitrogen and oxygen atoms in total. The van der Waals surface area contributed by atoms with Gasteiger partial charge in [-0.3, -0.25) is 9.48 Å². The number of carbonyl (C=O) groups is 1. The van der Waals surface area contributed by atoms with Crippen LogP contribution in [-0.2, 0) is 6.54 Å². The number of phenolic OH excluding ortho intramolecular Hbond substituents is 1. The number of ether oxygens (including phenoxy) is 1. The first-order chi connectivity index (χ1) is 13.4. The molecular formula is C19H19ClN4O4. The van der Waals surface area contributed by atoms with Crippen molar-refractivity contribution in [1.29, 1.82) is 0 Å². The van der Waals surface area contributed by atoms with E-state index in [4.69, 9.17) is 20.8 Å². The summed E-state index contributed by atoms with van der Waals surface area (Å²) in [7, 11) is 1.45. The van der Waals surface area contributed by atoms with Gasteiger partial charge in [0, 0.05) is 5.56 Å². The van der Waals surface area contributed by atoms with E-state index in [9.17, 15) is 9.90 Å². The number of furan rings is 1. The molecule has 9 heteroatoms. The molecule has 3 aromatic rings. The number of halogens is 1. The van der Waals surface area contributed by atoms with Gasteiger partial charge in [-0.25, -0.2) is 5.43 Å². The van der Waals surface area contributed by atoms with E-state index < -0.39 is 5.91 Å². The van der Waals surface area contributed by atoms with Gasteiger partial charge in [0.1, 0.15) is 5.76 Å². The van der Waals surface area contributed by atoms with E-state index in [1.807, 2.05) is 13.8 Å². The first kappa shape index (κ1) is 19.5. The molecule has 0 bridgehead atoms. The Morgan fingerprint density at radius 1 is 1.39 bits per heavy atom. The van der Waals surface area contributed by atoms with Gasteiger partial charge >= 0.3 is 5.91 Å². The van der Waals surface area contributed by atoms with Crippen LogP contribution in [0.1, 0.15) is 33.3 Å². The quantitative estimate of drug-likeness (QED) is 0.486. The largest absolute Gasteiger partial charge is 0.504 e. The third-order valence-electron chi connectivity index (χ3n) is 4.10. The second-order valence-corrected chi connectivity index (χ2v) is 6.38. The molecule has 1 aromatic carbocycles. The molecule has 2 N–H and O–H groups in total. The molecule has 0 aliphatic carbocycles. The topological polar surface area (TPSA) is 102 Å². The molecule has 0 atom stereocenters. The van der Waals surface area contributed by atoms with Crippen molar-refractivity contribution in [2.45, 2.75) is 20.4 Å². The van der Waals surface area contributed by atoms with Crippen LogP contribution in [0.25, 0.3) is 0 Å². The summed E-state index contributed by atoms with van der Waals surface area (Å²) in [6, 6.07) is 8.20. The number of nitrogens with zero attached hydrogens (tertiary/aromatic N) is 3. The minimum atomic E-state index is -0.517. The highest BCUT2D eigenvalue weighted by molar-refractivity contribution is 6.31. The van der Waals surface area contributed by atoms with Crippen LogP contribution in [0.5, 0.6) is 11.5 Å². The summed E-state index contributed by atoms with van der Waals surface area (Å²) >= 11 is 6.14. The van der Waals surface area contributed by atoms with E-state index in [0.717, 1.165) is 11.4 Å².